The molecule has 1 N–H and O–H groups in total. The maximum Gasteiger partial charge on any atom is 0.241 e. The van der Waals surface area contributed by atoms with Gasteiger partial charge in [0.1, 0.15) is 0 Å². The first-order valence-electron chi connectivity index (χ1n) is 7.35. The Bertz CT molecular complexity index is 285. The lowest BCUT2D eigenvalue weighted by atomic mass is 10.0. The summed E-state index contributed by atoms with van der Waals surface area (Å²) in [5.41, 5.74) is 0. The number of carbonyl (C=O) groups is 1. The zero-order chi connectivity index (χ0) is 11.8. The predicted molar refractivity (Wildman–Crippen MR) is 67.4 cm³/mol. The molecule has 2 aliphatic carbocycles. The normalized spacial score (nSPS) is 29.4. The van der Waals surface area contributed by atoms with Crippen LogP contribution in [0.25, 0.3) is 0 Å². The molecule has 0 bridgehead atoms. The fraction of sp³-hybridized carbons (Fsp3) is 0.929. The van der Waals surface area contributed by atoms with Crippen molar-refractivity contribution in [2.24, 2.45) is 11.8 Å². The van der Waals surface area contributed by atoms with Crippen LogP contribution in [0.2, 0.25) is 0 Å². The molecule has 1 heterocycles. The van der Waals surface area contributed by atoms with Crippen LogP contribution in [0.1, 0.15) is 51.9 Å². The van der Waals surface area contributed by atoms with Gasteiger partial charge in [0.25, 0.3) is 0 Å². The third-order valence-corrected chi connectivity index (χ3v) is 4.51. The van der Waals surface area contributed by atoms with Gasteiger partial charge in [0.2, 0.25) is 5.91 Å². The predicted octanol–water partition coefficient (Wildman–Crippen LogP) is 2.12. The van der Waals surface area contributed by atoms with Gasteiger partial charge in [-0.2, -0.15) is 0 Å². The minimum atomic E-state index is 0.120. The van der Waals surface area contributed by atoms with Gasteiger partial charge in [0.15, 0.2) is 0 Å². The Morgan fingerprint density at radius 2 is 1.94 bits per heavy atom. The Hall–Kier alpha value is -0.570. The molecule has 96 valence electrons. The summed E-state index contributed by atoms with van der Waals surface area (Å²) in [5.74, 6) is 2.05. The zero-order valence-electron chi connectivity index (χ0n) is 10.8. The third kappa shape index (κ3) is 2.35. The lowest BCUT2D eigenvalue weighted by Gasteiger charge is -2.27. The third-order valence-electron chi connectivity index (χ3n) is 4.51. The van der Waals surface area contributed by atoms with E-state index in [1.807, 2.05) is 0 Å². The lowest BCUT2D eigenvalue weighted by molar-refractivity contribution is -0.131. The van der Waals surface area contributed by atoms with E-state index in [1.165, 1.54) is 32.1 Å². The molecule has 3 fully saturated rings. The molecule has 3 rings (SSSR count). The SMILES string of the molecule is CCCCC1NCN(C(C2CC2)C2CC2)C1=O. The Morgan fingerprint density at radius 3 is 2.47 bits per heavy atom. The van der Waals surface area contributed by atoms with Crippen LogP contribution in [0.3, 0.4) is 0 Å². The first kappa shape index (κ1) is 11.5. The minimum Gasteiger partial charge on any atom is -0.325 e. The topological polar surface area (TPSA) is 32.3 Å². The second kappa shape index (κ2) is 4.60. The van der Waals surface area contributed by atoms with E-state index in [0.29, 0.717) is 11.9 Å². The molecule has 3 heteroatoms. The smallest absolute Gasteiger partial charge is 0.241 e. The maximum atomic E-state index is 12.4. The van der Waals surface area contributed by atoms with Crippen molar-refractivity contribution in [2.75, 3.05) is 6.67 Å². The van der Waals surface area contributed by atoms with Crippen molar-refractivity contribution in [1.29, 1.82) is 0 Å². The minimum absolute atomic E-state index is 0.120. The van der Waals surface area contributed by atoms with E-state index in [2.05, 4.69) is 17.1 Å². The van der Waals surface area contributed by atoms with Crippen molar-refractivity contribution in [3.8, 4) is 0 Å². The van der Waals surface area contributed by atoms with E-state index in [-0.39, 0.29) is 6.04 Å². The number of hydrogen-bond acceptors (Lipinski definition) is 2. The summed E-state index contributed by atoms with van der Waals surface area (Å²) in [6.45, 7) is 3.00. The van der Waals surface area contributed by atoms with Crippen LogP contribution in [-0.4, -0.2) is 29.6 Å². The van der Waals surface area contributed by atoms with E-state index in [9.17, 15) is 4.79 Å². The summed E-state index contributed by atoms with van der Waals surface area (Å²) in [7, 11) is 0. The highest BCUT2D eigenvalue weighted by Crippen LogP contribution is 2.47. The quantitative estimate of drug-likeness (QED) is 0.766. The van der Waals surface area contributed by atoms with Gasteiger partial charge in [0.05, 0.1) is 12.7 Å². The van der Waals surface area contributed by atoms with Gasteiger partial charge in [-0.05, 0) is 43.9 Å². The molecule has 0 aromatic rings. The van der Waals surface area contributed by atoms with E-state index in [1.54, 1.807) is 0 Å². The Morgan fingerprint density at radius 1 is 1.29 bits per heavy atom. The van der Waals surface area contributed by atoms with E-state index >= 15 is 0 Å². The first-order valence-corrected chi connectivity index (χ1v) is 7.35. The summed E-state index contributed by atoms with van der Waals surface area (Å²) < 4.78 is 0. The molecule has 1 amide bonds. The van der Waals surface area contributed by atoms with Gasteiger partial charge >= 0.3 is 0 Å². The molecule has 1 atom stereocenters. The summed E-state index contributed by atoms with van der Waals surface area (Å²) in [5, 5.41) is 3.41. The van der Waals surface area contributed by atoms with E-state index in [4.69, 9.17) is 0 Å². The molecule has 1 saturated heterocycles. The van der Waals surface area contributed by atoms with Crippen LogP contribution >= 0.6 is 0 Å². The molecule has 3 nitrogen and oxygen atoms in total. The number of amides is 1. The van der Waals surface area contributed by atoms with Gasteiger partial charge in [0, 0.05) is 6.04 Å². The van der Waals surface area contributed by atoms with E-state index in [0.717, 1.165) is 31.3 Å². The number of rotatable bonds is 6. The maximum absolute atomic E-state index is 12.4. The van der Waals surface area contributed by atoms with Crippen LogP contribution in [0.4, 0.5) is 0 Å². The number of nitrogens with zero attached hydrogens (tertiary/aromatic N) is 1. The van der Waals surface area contributed by atoms with Gasteiger partial charge in [-0.25, -0.2) is 0 Å². The molecule has 1 unspecified atom stereocenters. The van der Waals surface area contributed by atoms with Crippen molar-refractivity contribution in [3.63, 3.8) is 0 Å². The Balaban J connectivity index is 1.61. The average Bonchev–Trinajstić information content (AvgIpc) is 3.21. The van der Waals surface area contributed by atoms with Crippen LogP contribution in [0, 0.1) is 11.8 Å². The molecule has 0 radical (unpaired) electrons. The fourth-order valence-electron chi connectivity index (χ4n) is 3.23. The molecular formula is C14H24N2O. The highest BCUT2D eigenvalue weighted by Gasteiger charge is 2.48. The molecule has 0 spiro atoms. The van der Waals surface area contributed by atoms with Gasteiger partial charge < -0.3 is 4.90 Å². The second-order valence-corrected chi connectivity index (χ2v) is 6.03. The second-order valence-electron chi connectivity index (χ2n) is 6.03. The summed E-state index contributed by atoms with van der Waals surface area (Å²) >= 11 is 0. The molecule has 2 saturated carbocycles. The van der Waals surface area contributed by atoms with Crippen molar-refractivity contribution >= 4 is 5.91 Å². The van der Waals surface area contributed by atoms with Crippen LogP contribution in [-0.2, 0) is 4.79 Å². The highest BCUT2D eigenvalue weighted by molar-refractivity contribution is 5.84. The first-order chi connectivity index (χ1) is 8.31. The highest BCUT2D eigenvalue weighted by atomic mass is 16.2. The Kier molecular flexibility index (Phi) is 3.12. The fourth-order valence-corrected chi connectivity index (χ4v) is 3.23. The van der Waals surface area contributed by atoms with Gasteiger partial charge in [-0.3, -0.25) is 10.1 Å². The molecule has 17 heavy (non-hydrogen) atoms. The van der Waals surface area contributed by atoms with Crippen LogP contribution in [0.5, 0.6) is 0 Å². The molecular weight excluding hydrogens is 212 g/mol. The zero-order valence-corrected chi connectivity index (χ0v) is 10.8. The van der Waals surface area contributed by atoms with Crippen molar-refractivity contribution < 1.29 is 4.79 Å². The van der Waals surface area contributed by atoms with Crippen molar-refractivity contribution in [2.45, 2.75) is 64.0 Å². The number of nitrogens with one attached hydrogen (secondary N) is 1. The van der Waals surface area contributed by atoms with Crippen molar-refractivity contribution in [3.05, 3.63) is 0 Å². The molecule has 3 aliphatic rings. The monoisotopic (exact) mass is 236 g/mol. The standard InChI is InChI=1S/C14H24N2O/c1-2-3-4-12-14(17)16(9-15-12)13(10-5-6-10)11-7-8-11/h10-13,15H,2-9H2,1H3. The van der Waals surface area contributed by atoms with Gasteiger partial charge in [-0.1, -0.05) is 19.8 Å². The van der Waals surface area contributed by atoms with Crippen LogP contribution in [0.15, 0.2) is 0 Å². The van der Waals surface area contributed by atoms with Gasteiger partial charge in [-0.15, -0.1) is 0 Å². The molecule has 0 aromatic carbocycles. The average molecular weight is 236 g/mol. The number of hydrogen-bond donors (Lipinski definition) is 1. The summed E-state index contributed by atoms with van der Waals surface area (Å²) in [6.07, 6.45) is 8.77. The largest absolute Gasteiger partial charge is 0.325 e. The van der Waals surface area contributed by atoms with E-state index < -0.39 is 0 Å². The Labute approximate surface area is 104 Å². The summed E-state index contributed by atoms with van der Waals surface area (Å²) in [6, 6.07) is 0.705. The lowest BCUT2D eigenvalue weighted by Crippen LogP contribution is -2.41. The number of carbonyl (C=O) groups excluding carboxylic acids is 1. The molecule has 1 aliphatic heterocycles. The van der Waals surface area contributed by atoms with Crippen LogP contribution < -0.4 is 5.32 Å². The molecule has 0 aromatic heterocycles. The number of unbranched alkanes of at least 4 members (excludes halogenated alkanes) is 1. The summed E-state index contributed by atoms with van der Waals surface area (Å²) in [4.78, 5) is 14.6. The van der Waals surface area contributed by atoms with Crippen molar-refractivity contribution in [1.82, 2.24) is 10.2 Å².